The molecule has 0 spiro atoms. The summed E-state index contributed by atoms with van der Waals surface area (Å²) in [6.07, 6.45) is 3.18. The minimum Gasteiger partial charge on any atom is -0.379 e. The van der Waals surface area contributed by atoms with Gasteiger partial charge in [0.05, 0.1) is 13.2 Å². The Bertz CT molecular complexity index is 452. The highest BCUT2D eigenvalue weighted by molar-refractivity contribution is 5.99. The Morgan fingerprint density at radius 2 is 2.00 bits per heavy atom. The number of Topliss-reactive ketones (excluding diaryl/α,β-unsaturated/α-hetero) is 1. The van der Waals surface area contributed by atoms with Crippen LogP contribution in [0.1, 0.15) is 28.8 Å². The molecule has 0 N–H and O–H groups in total. The van der Waals surface area contributed by atoms with Gasteiger partial charge in [-0.3, -0.25) is 9.69 Å². The van der Waals surface area contributed by atoms with Gasteiger partial charge >= 0.3 is 0 Å². The maximum absolute atomic E-state index is 12.7. The molecule has 19 heavy (non-hydrogen) atoms. The van der Waals surface area contributed by atoms with Crippen molar-refractivity contribution in [2.75, 3.05) is 32.8 Å². The molecule has 0 aromatic heterocycles. The molecule has 1 aromatic rings. The van der Waals surface area contributed by atoms with Crippen LogP contribution in [0.5, 0.6) is 0 Å². The summed E-state index contributed by atoms with van der Waals surface area (Å²) in [6.45, 7) is 4.43. The van der Waals surface area contributed by atoms with Crippen LogP contribution in [0.3, 0.4) is 0 Å². The zero-order valence-electron chi connectivity index (χ0n) is 11.3. The smallest absolute Gasteiger partial charge is 0.167 e. The molecule has 0 amide bonds. The van der Waals surface area contributed by atoms with E-state index in [-0.39, 0.29) is 5.92 Å². The largest absolute Gasteiger partial charge is 0.379 e. The van der Waals surface area contributed by atoms with E-state index >= 15 is 0 Å². The number of ether oxygens (including phenoxy) is 1. The van der Waals surface area contributed by atoms with Gasteiger partial charge in [0.15, 0.2) is 5.78 Å². The number of benzene rings is 1. The fraction of sp³-hybridized carbons (Fsp3) is 0.562. The van der Waals surface area contributed by atoms with Gasteiger partial charge in [-0.15, -0.1) is 0 Å². The van der Waals surface area contributed by atoms with Gasteiger partial charge in [-0.2, -0.15) is 0 Å². The number of carbonyl (C=O) groups excluding carboxylic acids is 1. The Morgan fingerprint density at radius 1 is 1.21 bits per heavy atom. The number of carbonyl (C=O) groups is 1. The summed E-state index contributed by atoms with van der Waals surface area (Å²) < 4.78 is 5.37. The van der Waals surface area contributed by atoms with E-state index in [1.165, 1.54) is 5.56 Å². The van der Waals surface area contributed by atoms with E-state index in [2.05, 4.69) is 11.0 Å². The summed E-state index contributed by atoms with van der Waals surface area (Å²) >= 11 is 0. The van der Waals surface area contributed by atoms with Gasteiger partial charge in [-0.25, -0.2) is 0 Å². The first-order valence-electron chi connectivity index (χ1n) is 7.27. The highest BCUT2D eigenvalue weighted by atomic mass is 16.5. The molecule has 1 fully saturated rings. The van der Waals surface area contributed by atoms with Crippen LogP contribution in [0.25, 0.3) is 0 Å². The summed E-state index contributed by atoms with van der Waals surface area (Å²) in [5.74, 6) is 0.515. The van der Waals surface area contributed by atoms with E-state index in [1.807, 2.05) is 18.2 Å². The summed E-state index contributed by atoms with van der Waals surface area (Å²) in [5.41, 5.74) is 2.19. The minimum atomic E-state index is 0.168. The molecule has 1 unspecified atom stereocenters. The number of fused-ring (bicyclic) bond motifs is 1. The molecule has 0 bridgehead atoms. The first-order chi connectivity index (χ1) is 9.34. The first kappa shape index (κ1) is 12.8. The standard InChI is InChI=1S/C16H21NO2/c18-16-14(12-17-8-10-19-11-9-17)6-3-5-13-4-1-2-7-15(13)16/h1-2,4,7,14H,3,5-6,8-12H2. The van der Waals surface area contributed by atoms with Crippen LogP contribution in [0.15, 0.2) is 24.3 Å². The lowest BCUT2D eigenvalue weighted by molar-refractivity contribution is 0.0296. The average molecular weight is 259 g/mol. The van der Waals surface area contributed by atoms with Crippen LogP contribution >= 0.6 is 0 Å². The molecule has 1 atom stereocenters. The van der Waals surface area contributed by atoms with Gasteiger partial charge in [0, 0.05) is 31.1 Å². The number of aryl methyl sites for hydroxylation is 1. The van der Waals surface area contributed by atoms with E-state index in [1.54, 1.807) is 0 Å². The summed E-state index contributed by atoms with van der Waals surface area (Å²) in [7, 11) is 0. The van der Waals surface area contributed by atoms with Crippen molar-refractivity contribution in [1.29, 1.82) is 0 Å². The van der Waals surface area contributed by atoms with Crippen LogP contribution in [0, 0.1) is 5.92 Å². The van der Waals surface area contributed by atoms with E-state index in [4.69, 9.17) is 4.74 Å². The van der Waals surface area contributed by atoms with Gasteiger partial charge in [-0.05, 0) is 24.8 Å². The Balaban J connectivity index is 1.74. The van der Waals surface area contributed by atoms with Crippen LogP contribution < -0.4 is 0 Å². The number of morpholine rings is 1. The lowest BCUT2D eigenvalue weighted by atomic mass is 9.94. The summed E-state index contributed by atoms with van der Waals surface area (Å²) in [4.78, 5) is 15.0. The molecule has 0 saturated carbocycles. The maximum Gasteiger partial charge on any atom is 0.167 e. The molecular formula is C16H21NO2. The molecule has 3 nitrogen and oxygen atoms in total. The zero-order valence-corrected chi connectivity index (χ0v) is 11.3. The van der Waals surface area contributed by atoms with Crippen LogP contribution in [0.4, 0.5) is 0 Å². The van der Waals surface area contributed by atoms with E-state index in [0.717, 1.165) is 57.7 Å². The van der Waals surface area contributed by atoms with Crippen LogP contribution in [-0.2, 0) is 11.2 Å². The first-order valence-corrected chi connectivity index (χ1v) is 7.27. The molecule has 1 aliphatic carbocycles. The van der Waals surface area contributed by atoms with Crippen molar-refractivity contribution in [3.05, 3.63) is 35.4 Å². The zero-order chi connectivity index (χ0) is 13.1. The predicted molar refractivity (Wildman–Crippen MR) is 74.5 cm³/mol. The van der Waals surface area contributed by atoms with Crippen molar-refractivity contribution in [3.8, 4) is 0 Å². The molecule has 1 aromatic carbocycles. The molecule has 102 valence electrons. The molecule has 1 heterocycles. The monoisotopic (exact) mass is 259 g/mol. The van der Waals surface area contributed by atoms with Gasteiger partial charge in [-0.1, -0.05) is 24.3 Å². The maximum atomic E-state index is 12.7. The van der Waals surface area contributed by atoms with Crippen molar-refractivity contribution in [3.63, 3.8) is 0 Å². The lowest BCUT2D eigenvalue weighted by Crippen LogP contribution is -2.40. The SMILES string of the molecule is O=C1c2ccccc2CCCC1CN1CCOCC1. The Kier molecular flexibility index (Phi) is 3.95. The van der Waals surface area contributed by atoms with Gasteiger partial charge in [0.1, 0.15) is 0 Å². The predicted octanol–water partition coefficient (Wildman–Crippen LogP) is 2.15. The number of nitrogens with zero attached hydrogens (tertiary/aromatic N) is 1. The lowest BCUT2D eigenvalue weighted by Gasteiger charge is -2.29. The second kappa shape index (κ2) is 5.85. The van der Waals surface area contributed by atoms with Crippen LogP contribution in [0.2, 0.25) is 0 Å². The molecule has 1 saturated heterocycles. The average Bonchev–Trinajstić information content (AvgIpc) is 2.61. The fourth-order valence-corrected chi connectivity index (χ4v) is 3.14. The van der Waals surface area contributed by atoms with Crippen molar-refractivity contribution >= 4 is 5.78 Å². The Hall–Kier alpha value is -1.19. The van der Waals surface area contributed by atoms with Crippen molar-refractivity contribution in [1.82, 2.24) is 4.90 Å². The van der Waals surface area contributed by atoms with Gasteiger partial charge < -0.3 is 4.74 Å². The molecule has 2 aliphatic rings. The molecule has 1 aliphatic heterocycles. The number of ketones is 1. The minimum absolute atomic E-state index is 0.168. The highest BCUT2D eigenvalue weighted by Gasteiger charge is 2.27. The summed E-state index contributed by atoms with van der Waals surface area (Å²) in [5, 5.41) is 0. The van der Waals surface area contributed by atoms with E-state index in [9.17, 15) is 4.79 Å². The third kappa shape index (κ3) is 2.88. The summed E-state index contributed by atoms with van der Waals surface area (Å²) in [6, 6.07) is 8.11. The Morgan fingerprint density at radius 3 is 2.84 bits per heavy atom. The van der Waals surface area contributed by atoms with Crippen molar-refractivity contribution in [2.24, 2.45) is 5.92 Å². The van der Waals surface area contributed by atoms with Crippen molar-refractivity contribution < 1.29 is 9.53 Å². The fourth-order valence-electron chi connectivity index (χ4n) is 3.14. The quantitative estimate of drug-likeness (QED) is 0.762. The topological polar surface area (TPSA) is 29.5 Å². The molecule has 0 radical (unpaired) electrons. The normalized spacial score (nSPS) is 24.8. The Labute approximate surface area is 114 Å². The number of hydrogen-bond donors (Lipinski definition) is 0. The number of hydrogen-bond acceptors (Lipinski definition) is 3. The molecular weight excluding hydrogens is 238 g/mol. The van der Waals surface area contributed by atoms with Gasteiger partial charge in [0.2, 0.25) is 0 Å². The third-order valence-corrected chi connectivity index (χ3v) is 4.23. The van der Waals surface area contributed by atoms with Crippen LogP contribution in [-0.4, -0.2) is 43.5 Å². The molecule has 3 rings (SSSR count). The highest BCUT2D eigenvalue weighted by Crippen LogP contribution is 2.25. The number of rotatable bonds is 2. The second-order valence-corrected chi connectivity index (χ2v) is 5.52. The van der Waals surface area contributed by atoms with Gasteiger partial charge in [0.25, 0.3) is 0 Å². The van der Waals surface area contributed by atoms with E-state index in [0.29, 0.717) is 5.78 Å². The molecule has 3 heteroatoms. The second-order valence-electron chi connectivity index (χ2n) is 5.52. The third-order valence-electron chi connectivity index (χ3n) is 4.23. The van der Waals surface area contributed by atoms with E-state index < -0.39 is 0 Å². The van der Waals surface area contributed by atoms with Crippen molar-refractivity contribution in [2.45, 2.75) is 19.3 Å².